The van der Waals surface area contributed by atoms with Crippen molar-refractivity contribution in [2.45, 2.75) is 37.1 Å². The van der Waals surface area contributed by atoms with Gasteiger partial charge in [0.15, 0.2) is 0 Å². The largest absolute Gasteiger partial charge is 0.398 e. The molecule has 0 aliphatic heterocycles. The smallest absolute Gasteiger partial charge is 0.221 e. The van der Waals surface area contributed by atoms with E-state index in [9.17, 15) is 4.79 Å². The van der Waals surface area contributed by atoms with E-state index in [1.807, 2.05) is 19.1 Å². The first-order chi connectivity index (χ1) is 8.16. The summed E-state index contributed by atoms with van der Waals surface area (Å²) in [4.78, 5) is 12.7. The molecule has 1 saturated carbocycles. The molecule has 92 valence electrons. The molecule has 1 aromatic carbocycles. The molecule has 1 fully saturated rings. The number of anilines is 1. The molecule has 0 unspecified atom stereocenters. The number of carbonyl (C=O) groups is 1. The molecule has 17 heavy (non-hydrogen) atoms. The fourth-order valence-corrected chi connectivity index (χ4v) is 2.59. The summed E-state index contributed by atoms with van der Waals surface area (Å²) in [6.07, 6.45) is 2.87. The molecule has 0 saturated heterocycles. The fraction of sp³-hybridized carbons (Fsp3) is 0.462. The highest BCUT2D eigenvalue weighted by molar-refractivity contribution is 7.99. The first-order valence-corrected chi connectivity index (χ1v) is 6.92. The van der Waals surface area contributed by atoms with Crippen molar-refractivity contribution in [2.75, 3.05) is 11.5 Å². The highest BCUT2D eigenvalue weighted by Gasteiger charge is 2.22. The van der Waals surface area contributed by atoms with Gasteiger partial charge in [0.2, 0.25) is 5.91 Å². The molecule has 0 radical (unpaired) electrons. The zero-order chi connectivity index (χ0) is 12.3. The van der Waals surface area contributed by atoms with Crippen LogP contribution in [0.3, 0.4) is 0 Å². The third-order valence-electron chi connectivity index (χ3n) is 2.86. The van der Waals surface area contributed by atoms with Crippen molar-refractivity contribution in [3.05, 3.63) is 23.8 Å². The van der Waals surface area contributed by atoms with Gasteiger partial charge in [-0.1, -0.05) is 6.07 Å². The van der Waals surface area contributed by atoms with Gasteiger partial charge in [0, 0.05) is 28.8 Å². The third kappa shape index (κ3) is 3.66. The van der Waals surface area contributed by atoms with Gasteiger partial charge in [0.05, 0.1) is 0 Å². The van der Waals surface area contributed by atoms with E-state index in [0.717, 1.165) is 29.8 Å². The van der Waals surface area contributed by atoms with Gasteiger partial charge < -0.3 is 11.1 Å². The Balaban J connectivity index is 1.77. The zero-order valence-corrected chi connectivity index (χ0v) is 10.8. The average Bonchev–Trinajstić information content (AvgIpc) is 3.08. The second-order valence-electron chi connectivity index (χ2n) is 4.41. The normalized spacial score (nSPS) is 14.6. The minimum atomic E-state index is 0.168. The minimum Gasteiger partial charge on any atom is -0.398 e. The van der Waals surface area contributed by atoms with Gasteiger partial charge in [-0.25, -0.2) is 0 Å². The van der Waals surface area contributed by atoms with E-state index in [-0.39, 0.29) is 5.91 Å². The quantitative estimate of drug-likeness (QED) is 0.623. The fourth-order valence-electron chi connectivity index (χ4n) is 1.57. The van der Waals surface area contributed by atoms with Crippen molar-refractivity contribution in [1.82, 2.24) is 5.32 Å². The van der Waals surface area contributed by atoms with Gasteiger partial charge in [-0.05, 0) is 37.5 Å². The molecule has 0 bridgehead atoms. The summed E-state index contributed by atoms with van der Waals surface area (Å²) < 4.78 is 0. The van der Waals surface area contributed by atoms with E-state index in [4.69, 9.17) is 5.73 Å². The standard InChI is InChI=1S/C13H18N2OS/c1-9-11(14)3-2-4-12(9)17-8-7-13(16)15-10-5-6-10/h2-4,10H,5-8,14H2,1H3,(H,15,16). The number of nitrogen functional groups attached to an aromatic ring is 1. The Morgan fingerprint density at radius 2 is 2.29 bits per heavy atom. The van der Waals surface area contributed by atoms with Gasteiger partial charge >= 0.3 is 0 Å². The molecule has 1 aliphatic rings. The third-order valence-corrected chi connectivity index (χ3v) is 4.02. The summed E-state index contributed by atoms with van der Waals surface area (Å²) in [6.45, 7) is 2.02. The minimum absolute atomic E-state index is 0.168. The van der Waals surface area contributed by atoms with Crippen LogP contribution in [0.15, 0.2) is 23.1 Å². The molecule has 1 aliphatic carbocycles. The molecule has 1 aromatic rings. The van der Waals surface area contributed by atoms with Crippen LogP contribution >= 0.6 is 11.8 Å². The zero-order valence-electron chi connectivity index (χ0n) is 10.0. The number of hydrogen-bond acceptors (Lipinski definition) is 3. The Kier molecular flexibility index (Phi) is 3.94. The predicted molar refractivity (Wildman–Crippen MR) is 72.1 cm³/mol. The van der Waals surface area contributed by atoms with Gasteiger partial charge in [-0.3, -0.25) is 4.79 Å². The Hall–Kier alpha value is -1.16. The maximum absolute atomic E-state index is 11.5. The Labute approximate surface area is 106 Å². The molecular weight excluding hydrogens is 232 g/mol. The van der Waals surface area contributed by atoms with Crippen molar-refractivity contribution in [1.29, 1.82) is 0 Å². The lowest BCUT2D eigenvalue weighted by atomic mass is 10.2. The molecule has 1 amide bonds. The number of thioether (sulfide) groups is 1. The van der Waals surface area contributed by atoms with Gasteiger partial charge in [-0.2, -0.15) is 0 Å². The summed E-state index contributed by atoms with van der Waals surface area (Å²) in [5.74, 6) is 0.976. The summed E-state index contributed by atoms with van der Waals surface area (Å²) in [7, 11) is 0. The van der Waals surface area contributed by atoms with Crippen LogP contribution in [0.25, 0.3) is 0 Å². The van der Waals surface area contributed by atoms with E-state index in [1.165, 1.54) is 4.90 Å². The number of benzene rings is 1. The van der Waals surface area contributed by atoms with Gasteiger partial charge in [0.1, 0.15) is 0 Å². The predicted octanol–water partition coefficient (Wildman–Crippen LogP) is 2.34. The molecule has 2 rings (SSSR count). The molecule has 0 heterocycles. The second kappa shape index (κ2) is 5.45. The van der Waals surface area contributed by atoms with Crippen LogP contribution < -0.4 is 11.1 Å². The van der Waals surface area contributed by atoms with Crippen LogP contribution in [0, 0.1) is 6.92 Å². The monoisotopic (exact) mass is 250 g/mol. The first kappa shape index (κ1) is 12.3. The molecular formula is C13H18N2OS. The molecule has 0 atom stereocenters. The topological polar surface area (TPSA) is 55.1 Å². The average molecular weight is 250 g/mol. The Morgan fingerprint density at radius 1 is 1.53 bits per heavy atom. The number of nitrogens with two attached hydrogens (primary N) is 1. The number of rotatable bonds is 5. The van der Waals surface area contributed by atoms with E-state index >= 15 is 0 Å². The van der Waals surface area contributed by atoms with Crippen LogP contribution in [0.4, 0.5) is 5.69 Å². The van der Waals surface area contributed by atoms with Crippen molar-refractivity contribution in [3.63, 3.8) is 0 Å². The summed E-state index contributed by atoms with van der Waals surface area (Å²) >= 11 is 1.70. The van der Waals surface area contributed by atoms with E-state index in [2.05, 4.69) is 11.4 Å². The highest BCUT2D eigenvalue weighted by Crippen LogP contribution is 2.26. The van der Waals surface area contributed by atoms with Crippen LogP contribution in [0.5, 0.6) is 0 Å². The first-order valence-electron chi connectivity index (χ1n) is 5.94. The molecule has 3 N–H and O–H groups in total. The number of hydrogen-bond donors (Lipinski definition) is 2. The van der Waals surface area contributed by atoms with Crippen molar-refractivity contribution >= 4 is 23.4 Å². The Bertz CT molecular complexity index is 416. The second-order valence-corrected chi connectivity index (χ2v) is 5.55. The Morgan fingerprint density at radius 3 is 3.00 bits per heavy atom. The van der Waals surface area contributed by atoms with E-state index in [1.54, 1.807) is 11.8 Å². The lowest BCUT2D eigenvalue weighted by molar-refractivity contribution is -0.120. The summed E-state index contributed by atoms with van der Waals surface area (Å²) in [5, 5.41) is 2.99. The van der Waals surface area contributed by atoms with Crippen molar-refractivity contribution in [3.8, 4) is 0 Å². The van der Waals surface area contributed by atoms with E-state index < -0.39 is 0 Å². The van der Waals surface area contributed by atoms with Gasteiger partial charge in [-0.15, -0.1) is 11.8 Å². The van der Waals surface area contributed by atoms with Gasteiger partial charge in [0.25, 0.3) is 0 Å². The van der Waals surface area contributed by atoms with Crippen LogP contribution in [-0.4, -0.2) is 17.7 Å². The van der Waals surface area contributed by atoms with Crippen LogP contribution in [0.1, 0.15) is 24.8 Å². The number of carbonyl (C=O) groups excluding carboxylic acids is 1. The molecule has 0 spiro atoms. The van der Waals surface area contributed by atoms with Crippen molar-refractivity contribution < 1.29 is 4.79 Å². The summed E-state index contributed by atoms with van der Waals surface area (Å²) in [5.41, 5.74) is 7.76. The lowest BCUT2D eigenvalue weighted by Gasteiger charge is -2.07. The van der Waals surface area contributed by atoms with Crippen molar-refractivity contribution in [2.24, 2.45) is 0 Å². The highest BCUT2D eigenvalue weighted by atomic mass is 32.2. The SMILES string of the molecule is Cc1c(N)cccc1SCCC(=O)NC1CC1. The number of nitrogens with one attached hydrogen (secondary N) is 1. The molecule has 4 heteroatoms. The summed E-state index contributed by atoms with van der Waals surface area (Å²) in [6, 6.07) is 6.37. The number of amides is 1. The lowest BCUT2D eigenvalue weighted by Crippen LogP contribution is -2.25. The maximum Gasteiger partial charge on any atom is 0.221 e. The van der Waals surface area contributed by atoms with Crippen LogP contribution in [0.2, 0.25) is 0 Å². The van der Waals surface area contributed by atoms with E-state index in [0.29, 0.717) is 12.5 Å². The molecule has 0 aromatic heterocycles. The maximum atomic E-state index is 11.5. The molecule has 3 nitrogen and oxygen atoms in total. The van der Waals surface area contributed by atoms with Crippen LogP contribution in [-0.2, 0) is 4.79 Å².